The quantitative estimate of drug-likeness (QED) is 0.637. The van der Waals surface area contributed by atoms with Crippen LogP contribution in [0.1, 0.15) is 44.6 Å². The highest BCUT2D eigenvalue weighted by atomic mass is 16.5. The summed E-state index contributed by atoms with van der Waals surface area (Å²) >= 11 is 0. The fraction of sp³-hybridized carbons (Fsp3) is 0.650. The maximum absolute atomic E-state index is 11.6. The second-order valence-corrected chi connectivity index (χ2v) is 7.05. The molecule has 1 aromatic rings. The third-order valence-electron chi connectivity index (χ3n) is 4.61. The molecular formula is C20H33N3O2. The van der Waals surface area contributed by atoms with E-state index in [1.807, 2.05) is 6.92 Å². The number of nitrogens with one attached hydrogen (secondary N) is 1. The SMILES string of the molecule is CC(N)CCC(=O)NCCCOC1CCN(Cc2ccccc2)CC1. The van der Waals surface area contributed by atoms with Crippen LogP contribution in [-0.4, -0.2) is 49.2 Å². The zero-order valence-electron chi connectivity index (χ0n) is 15.5. The molecule has 1 aliphatic rings. The van der Waals surface area contributed by atoms with Gasteiger partial charge in [0.2, 0.25) is 5.91 Å². The number of hydrogen-bond acceptors (Lipinski definition) is 4. The van der Waals surface area contributed by atoms with Gasteiger partial charge in [-0.15, -0.1) is 0 Å². The van der Waals surface area contributed by atoms with Gasteiger partial charge in [0.1, 0.15) is 0 Å². The van der Waals surface area contributed by atoms with E-state index < -0.39 is 0 Å². The van der Waals surface area contributed by atoms with Crippen LogP contribution in [0, 0.1) is 0 Å². The minimum Gasteiger partial charge on any atom is -0.378 e. The predicted octanol–water partition coefficient (Wildman–Crippen LogP) is 2.30. The molecule has 1 fully saturated rings. The number of nitrogens with two attached hydrogens (primary N) is 1. The van der Waals surface area contributed by atoms with Crippen LogP contribution in [0.3, 0.4) is 0 Å². The van der Waals surface area contributed by atoms with Crippen LogP contribution in [0.5, 0.6) is 0 Å². The topological polar surface area (TPSA) is 67.6 Å². The van der Waals surface area contributed by atoms with Crippen LogP contribution in [0.2, 0.25) is 0 Å². The molecule has 0 aliphatic carbocycles. The number of amides is 1. The number of piperidine rings is 1. The molecule has 5 heteroatoms. The Balaban J connectivity index is 1.49. The molecule has 25 heavy (non-hydrogen) atoms. The van der Waals surface area contributed by atoms with Gasteiger partial charge < -0.3 is 15.8 Å². The van der Waals surface area contributed by atoms with Gasteiger partial charge in [-0.2, -0.15) is 0 Å². The molecule has 0 radical (unpaired) electrons. The molecule has 5 nitrogen and oxygen atoms in total. The van der Waals surface area contributed by atoms with Gasteiger partial charge in [-0.3, -0.25) is 9.69 Å². The van der Waals surface area contributed by atoms with E-state index in [9.17, 15) is 4.79 Å². The van der Waals surface area contributed by atoms with E-state index in [0.717, 1.165) is 51.9 Å². The maximum Gasteiger partial charge on any atom is 0.220 e. The van der Waals surface area contributed by atoms with Crippen LogP contribution in [-0.2, 0) is 16.1 Å². The minimum absolute atomic E-state index is 0.0850. The molecule has 2 rings (SSSR count). The van der Waals surface area contributed by atoms with Crippen molar-refractivity contribution in [1.82, 2.24) is 10.2 Å². The molecule has 1 aromatic carbocycles. The van der Waals surface area contributed by atoms with Gasteiger partial charge >= 0.3 is 0 Å². The molecule has 3 N–H and O–H groups in total. The Hall–Kier alpha value is -1.43. The summed E-state index contributed by atoms with van der Waals surface area (Å²) in [6.07, 6.45) is 4.67. The Kier molecular flexibility index (Phi) is 8.94. The van der Waals surface area contributed by atoms with Gasteiger partial charge in [-0.25, -0.2) is 0 Å². The van der Waals surface area contributed by atoms with Crippen LogP contribution in [0.4, 0.5) is 0 Å². The number of rotatable bonds is 10. The van der Waals surface area contributed by atoms with Gasteiger partial charge in [-0.1, -0.05) is 30.3 Å². The van der Waals surface area contributed by atoms with Gasteiger partial charge in [0.15, 0.2) is 0 Å². The summed E-state index contributed by atoms with van der Waals surface area (Å²) in [4.78, 5) is 14.1. The molecule has 1 saturated heterocycles. The molecule has 1 amide bonds. The van der Waals surface area contributed by atoms with Gasteiger partial charge in [0.05, 0.1) is 6.10 Å². The monoisotopic (exact) mass is 347 g/mol. The van der Waals surface area contributed by atoms with E-state index in [4.69, 9.17) is 10.5 Å². The summed E-state index contributed by atoms with van der Waals surface area (Å²) < 4.78 is 5.96. The van der Waals surface area contributed by atoms with Crippen molar-refractivity contribution in [3.8, 4) is 0 Å². The van der Waals surface area contributed by atoms with Gasteiger partial charge in [0.25, 0.3) is 0 Å². The summed E-state index contributed by atoms with van der Waals surface area (Å²) in [5.41, 5.74) is 7.03. The van der Waals surface area contributed by atoms with E-state index in [1.165, 1.54) is 5.56 Å². The van der Waals surface area contributed by atoms with Crippen LogP contribution >= 0.6 is 0 Å². The molecule has 1 heterocycles. The number of carbonyl (C=O) groups excluding carboxylic acids is 1. The number of likely N-dealkylation sites (tertiary alicyclic amines) is 1. The first kappa shape index (κ1) is 19.9. The lowest BCUT2D eigenvalue weighted by Crippen LogP contribution is -2.37. The first-order valence-corrected chi connectivity index (χ1v) is 9.53. The minimum atomic E-state index is 0.0850. The maximum atomic E-state index is 11.6. The van der Waals surface area contributed by atoms with Gasteiger partial charge in [-0.05, 0) is 38.2 Å². The molecule has 0 spiro atoms. The molecule has 0 bridgehead atoms. The Bertz CT molecular complexity index is 485. The molecule has 0 saturated carbocycles. The fourth-order valence-electron chi connectivity index (χ4n) is 3.07. The number of benzene rings is 1. The fourth-order valence-corrected chi connectivity index (χ4v) is 3.07. The van der Waals surface area contributed by atoms with Crippen molar-refractivity contribution in [2.24, 2.45) is 5.73 Å². The zero-order chi connectivity index (χ0) is 17.9. The third kappa shape index (κ3) is 8.47. The molecule has 0 aromatic heterocycles. The summed E-state index contributed by atoms with van der Waals surface area (Å²) in [7, 11) is 0. The lowest BCUT2D eigenvalue weighted by Gasteiger charge is -2.32. The van der Waals surface area contributed by atoms with Crippen molar-refractivity contribution in [2.75, 3.05) is 26.2 Å². The van der Waals surface area contributed by atoms with Crippen molar-refractivity contribution in [1.29, 1.82) is 0 Å². The van der Waals surface area contributed by atoms with Crippen LogP contribution < -0.4 is 11.1 Å². The lowest BCUT2D eigenvalue weighted by molar-refractivity contribution is -0.121. The highest BCUT2D eigenvalue weighted by molar-refractivity contribution is 5.75. The highest BCUT2D eigenvalue weighted by Gasteiger charge is 2.19. The van der Waals surface area contributed by atoms with E-state index in [1.54, 1.807) is 0 Å². The van der Waals surface area contributed by atoms with Crippen molar-refractivity contribution in [2.45, 2.75) is 57.7 Å². The normalized spacial score (nSPS) is 17.4. The molecule has 1 unspecified atom stereocenters. The first-order valence-electron chi connectivity index (χ1n) is 9.53. The zero-order valence-corrected chi connectivity index (χ0v) is 15.5. The van der Waals surface area contributed by atoms with E-state index in [-0.39, 0.29) is 11.9 Å². The van der Waals surface area contributed by atoms with Crippen LogP contribution in [0.15, 0.2) is 30.3 Å². The number of hydrogen-bond donors (Lipinski definition) is 2. The summed E-state index contributed by atoms with van der Waals surface area (Å²) in [6, 6.07) is 10.7. The van der Waals surface area contributed by atoms with Crippen molar-refractivity contribution in [3.63, 3.8) is 0 Å². The van der Waals surface area contributed by atoms with Crippen LogP contribution in [0.25, 0.3) is 0 Å². The average Bonchev–Trinajstić information content (AvgIpc) is 2.62. The second kappa shape index (κ2) is 11.2. The standard InChI is InChI=1S/C20H33N3O2/c1-17(21)8-9-20(24)22-12-5-15-25-19-10-13-23(14-11-19)16-18-6-3-2-4-7-18/h2-4,6-7,17,19H,5,8-16,21H2,1H3,(H,22,24). The Morgan fingerprint density at radius 3 is 2.72 bits per heavy atom. The predicted molar refractivity (Wildman–Crippen MR) is 101 cm³/mol. The first-order chi connectivity index (χ1) is 12.1. The van der Waals surface area contributed by atoms with Crippen molar-refractivity contribution in [3.05, 3.63) is 35.9 Å². The highest BCUT2D eigenvalue weighted by Crippen LogP contribution is 2.16. The Labute approximate surface area is 151 Å². The lowest BCUT2D eigenvalue weighted by atomic mass is 10.1. The summed E-state index contributed by atoms with van der Waals surface area (Å²) in [5, 5.41) is 2.93. The number of carbonyl (C=O) groups is 1. The van der Waals surface area contributed by atoms with E-state index >= 15 is 0 Å². The largest absolute Gasteiger partial charge is 0.378 e. The summed E-state index contributed by atoms with van der Waals surface area (Å²) in [5.74, 6) is 0.0894. The smallest absolute Gasteiger partial charge is 0.220 e. The molecular weight excluding hydrogens is 314 g/mol. The average molecular weight is 348 g/mol. The molecule has 1 aliphatic heterocycles. The number of ether oxygens (including phenoxy) is 1. The molecule has 140 valence electrons. The van der Waals surface area contributed by atoms with Crippen molar-refractivity contribution >= 4 is 5.91 Å². The van der Waals surface area contributed by atoms with Crippen molar-refractivity contribution < 1.29 is 9.53 Å². The second-order valence-electron chi connectivity index (χ2n) is 7.05. The third-order valence-corrected chi connectivity index (χ3v) is 4.61. The van der Waals surface area contributed by atoms with Gasteiger partial charge in [0, 0.05) is 45.2 Å². The summed E-state index contributed by atoms with van der Waals surface area (Å²) in [6.45, 7) is 6.54. The number of nitrogens with zero attached hydrogens (tertiary/aromatic N) is 1. The van der Waals surface area contributed by atoms with E-state index in [0.29, 0.717) is 19.1 Å². The molecule has 1 atom stereocenters. The Morgan fingerprint density at radius 2 is 2.04 bits per heavy atom. The Morgan fingerprint density at radius 1 is 1.32 bits per heavy atom. The van der Waals surface area contributed by atoms with E-state index in [2.05, 4.69) is 40.5 Å².